The van der Waals surface area contributed by atoms with E-state index in [1.54, 1.807) is 30.3 Å². The van der Waals surface area contributed by atoms with E-state index < -0.39 is 23.9 Å². The van der Waals surface area contributed by atoms with Crippen LogP contribution in [0.25, 0.3) is 0 Å². The van der Waals surface area contributed by atoms with E-state index in [4.69, 9.17) is 9.47 Å². The number of aryl methyl sites for hydroxylation is 2. The molecule has 1 atom stereocenters. The highest BCUT2D eigenvalue weighted by molar-refractivity contribution is 5.95. The van der Waals surface area contributed by atoms with E-state index in [-0.39, 0.29) is 6.61 Å². The van der Waals surface area contributed by atoms with Gasteiger partial charge in [0.2, 0.25) is 0 Å². The number of amides is 2. The summed E-state index contributed by atoms with van der Waals surface area (Å²) in [7, 11) is 0. The van der Waals surface area contributed by atoms with Crippen LogP contribution < -0.4 is 15.6 Å². The molecule has 2 aromatic carbocycles. The van der Waals surface area contributed by atoms with Gasteiger partial charge in [0.15, 0.2) is 12.7 Å². The van der Waals surface area contributed by atoms with Crippen molar-refractivity contribution in [3.63, 3.8) is 0 Å². The average Bonchev–Trinajstić information content (AvgIpc) is 2.67. The van der Waals surface area contributed by atoms with E-state index >= 15 is 0 Å². The van der Waals surface area contributed by atoms with Crippen molar-refractivity contribution >= 4 is 17.8 Å². The standard InChI is InChI=1S/C20H22N2O5/c1-13-9-10-14(2)17(11-13)26-12-18(23)27-15(3)19(24)21-22-20(25)16-7-5-4-6-8-16/h4-11,15H,12H2,1-3H3,(H,21,24)(H,22,25)/t15-/m0/s1. The SMILES string of the molecule is Cc1ccc(C)c(OCC(=O)O[C@@H](C)C(=O)NNC(=O)c2ccccc2)c1. The molecule has 0 bridgehead atoms. The largest absolute Gasteiger partial charge is 0.482 e. The summed E-state index contributed by atoms with van der Waals surface area (Å²) in [6, 6.07) is 14.0. The second-order valence-corrected chi connectivity index (χ2v) is 6.00. The van der Waals surface area contributed by atoms with Gasteiger partial charge in [-0.25, -0.2) is 4.79 Å². The molecule has 0 aliphatic heterocycles. The van der Waals surface area contributed by atoms with E-state index in [9.17, 15) is 14.4 Å². The molecule has 2 rings (SSSR count). The first kappa shape index (κ1) is 20.0. The minimum Gasteiger partial charge on any atom is -0.482 e. The predicted molar refractivity (Wildman–Crippen MR) is 99.0 cm³/mol. The summed E-state index contributed by atoms with van der Waals surface area (Å²) in [5.74, 6) is -1.23. The lowest BCUT2D eigenvalue weighted by Gasteiger charge is -2.15. The molecule has 0 aliphatic carbocycles. The normalized spacial score (nSPS) is 11.2. The maximum absolute atomic E-state index is 11.9. The van der Waals surface area contributed by atoms with Crippen molar-refractivity contribution in [2.45, 2.75) is 26.9 Å². The van der Waals surface area contributed by atoms with Crippen molar-refractivity contribution in [1.82, 2.24) is 10.9 Å². The Bertz CT molecular complexity index is 820. The summed E-state index contributed by atoms with van der Waals surface area (Å²) < 4.78 is 10.5. The van der Waals surface area contributed by atoms with Gasteiger partial charge in [-0.05, 0) is 50.1 Å². The maximum atomic E-state index is 11.9. The smallest absolute Gasteiger partial charge is 0.344 e. The van der Waals surface area contributed by atoms with Crippen LogP contribution in [0.15, 0.2) is 48.5 Å². The second kappa shape index (κ2) is 9.38. The lowest BCUT2D eigenvalue weighted by molar-refractivity contribution is -0.156. The molecule has 0 spiro atoms. The zero-order valence-corrected chi connectivity index (χ0v) is 15.4. The van der Waals surface area contributed by atoms with Crippen molar-refractivity contribution in [2.75, 3.05) is 6.61 Å². The van der Waals surface area contributed by atoms with E-state index in [1.165, 1.54) is 6.92 Å². The molecule has 0 unspecified atom stereocenters. The van der Waals surface area contributed by atoms with Crippen molar-refractivity contribution in [1.29, 1.82) is 0 Å². The zero-order chi connectivity index (χ0) is 19.8. The highest BCUT2D eigenvalue weighted by Gasteiger charge is 2.19. The second-order valence-electron chi connectivity index (χ2n) is 6.00. The number of esters is 1. The van der Waals surface area contributed by atoms with Crippen LogP contribution in [-0.2, 0) is 14.3 Å². The predicted octanol–water partition coefficient (Wildman–Crippen LogP) is 2.08. The highest BCUT2D eigenvalue weighted by Crippen LogP contribution is 2.19. The van der Waals surface area contributed by atoms with Gasteiger partial charge in [-0.15, -0.1) is 0 Å². The van der Waals surface area contributed by atoms with Crippen LogP contribution >= 0.6 is 0 Å². The first-order valence-corrected chi connectivity index (χ1v) is 8.41. The molecular weight excluding hydrogens is 348 g/mol. The first-order valence-electron chi connectivity index (χ1n) is 8.41. The van der Waals surface area contributed by atoms with Gasteiger partial charge in [0.05, 0.1) is 0 Å². The van der Waals surface area contributed by atoms with Crippen LogP contribution in [0.1, 0.15) is 28.4 Å². The zero-order valence-electron chi connectivity index (χ0n) is 15.4. The number of carbonyl (C=O) groups excluding carboxylic acids is 3. The molecule has 2 amide bonds. The van der Waals surface area contributed by atoms with Crippen molar-refractivity contribution < 1.29 is 23.9 Å². The fraction of sp³-hybridized carbons (Fsp3) is 0.250. The molecule has 0 saturated heterocycles. The quantitative estimate of drug-likeness (QED) is 0.600. The number of nitrogens with one attached hydrogen (secondary N) is 2. The van der Waals surface area contributed by atoms with Gasteiger partial charge in [0.1, 0.15) is 5.75 Å². The molecule has 7 heteroatoms. The lowest BCUT2D eigenvalue weighted by atomic mass is 10.1. The molecule has 0 heterocycles. The molecule has 0 aliphatic rings. The Labute approximate surface area is 157 Å². The molecular formula is C20H22N2O5. The van der Waals surface area contributed by atoms with Crippen LogP contribution in [0.4, 0.5) is 0 Å². The van der Waals surface area contributed by atoms with Gasteiger partial charge >= 0.3 is 5.97 Å². The number of rotatable bonds is 6. The van der Waals surface area contributed by atoms with E-state index in [0.29, 0.717) is 11.3 Å². The fourth-order valence-corrected chi connectivity index (χ4v) is 2.17. The van der Waals surface area contributed by atoms with Gasteiger partial charge in [0, 0.05) is 5.56 Å². The fourth-order valence-electron chi connectivity index (χ4n) is 2.17. The molecule has 27 heavy (non-hydrogen) atoms. The summed E-state index contributed by atoms with van der Waals surface area (Å²) in [4.78, 5) is 35.7. The van der Waals surface area contributed by atoms with Crippen LogP contribution in [0, 0.1) is 13.8 Å². The summed E-state index contributed by atoms with van der Waals surface area (Å²) in [5, 5.41) is 0. The Morgan fingerprint density at radius 3 is 2.41 bits per heavy atom. The van der Waals surface area contributed by atoms with Crippen molar-refractivity contribution in [2.24, 2.45) is 0 Å². The number of hydrogen-bond donors (Lipinski definition) is 2. The topological polar surface area (TPSA) is 93.7 Å². The number of hydrogen-bond acceptors (Lipinski definition) is 5. The van der Waals surface area contributed by atoms with Gasteiger partial charge in [0.25, 0.3) is 11.8 Å². The van der Waals surface area contributed by atoms with Crippen LogP contribution in [0.3, 0.4) is 0 Å². The van der Waals surface area contributed by atoms with Gasteiger partial charge in [-0.3, -0.25) is 20.4 Å². The number of carbonyl (C=O) groups is 3. The van der Waals surface area contributed by atoms with E-state index in [0.717, 1.165) is 11.1 Å². The Hall–Kier alpha value is -3.35. The first-order chi connectivity index (χ1) is 12.9. The third-order valence-corrected chi connectivity index (χ3v) is 3.70. The summed E-state index contributed by atoms with van der Waals surface area (Å²) in [5.41, 5.74) is 6.77. The van der Waals surface area contributed by atoms with E-state index in [1.807, 2.05) is 32.0 Å². The minimum atomic E-state index is -1.09. The monoisotopic (exact) mass is 370 g/mol. The van der Waals surface area contributed by atoms with Crippen molar-refractivity contribution in [3.8, 4) is 5.75 Å². The van der Waals surface area contributed by atoms with Crippen molar-refractivity contribution in [3.05, 3.63) is 65.2 Å². The molecule has 0 aromatic heterocycles. The summed E-state index contributed by atoms with van der Waals surface area (Å²) in [6.07, 6.45) is -1.09. The Morgan fingerprint density at radius 1 is 1.00 bits per heavy atom. The average molecular weight is 370 g/mol. The molecule has 7 nitrogen and oxygen atoms in total. The highest BCUT2D eigenvalue weighted by atomic mass is 16.6. The van der Waals surface area contributed by atoms with Gasteiger partial charge in [-0.1, -0.05) is 30.3 Å². The minimum absolute atomic E-state index is 0.321. The molecule has 0 saturated carbocycles. The molecule has 0 radical (unpaired) electrons. The Kier molecular flexibility index (Phi) is 6.93. The van der Waals surface area contributed by atoms with Gasteiger partial charge in [-0.2, -0.15) is 0 Å². The third kappa shape index (κ3) is 6.14. The molecule has 2 N–H and O–H groups in total. The number of hydrazine groups is 1. The molecule has 0 fully saturated rings. The van der Waals surface area contributed by atoms with Gasteiger partial charge < -0.3 is 9.47 Å². The van der Waals surface area contributed by atoms with E-state index in [2.05, 4.69) is 10.9 Å². The van der Waals surface area contributed by atoms with Crippen LogP contribution in [0.5, 0.6) is 5.75 Å². The number of ether oxygens (including phenoxy) is 2. The summed E-state index contributed by atoms with van der Waals surface area (Å²) in [6.45, 7) is 4.87. The maximum Gasteiger partial charge on any atom is 0.344 e. The lowest BCUT2D eigenvalue weighted by Crippen LogP contribution is -2.47. The third-order valence-electron chi connectivity index (χ3n) is 3.70. The van der Waals surface area contributed by atoms with Crippen LogP contribution in [-0.4, -0.2) is 30.5 Å². The van der Waals surface area contributed by atoms with Crippen LogP contribution in [0.2, 0.25) is 0 Å². The molecule has 142 valence electrons. The molecule has 2 aromatic rings. The Balaban J connectivity index is 1.77. The number of benzene rings is 2. The summed E-state index contributed by atoms with van der Waals surface area (Å²) >= 11 is 0. The Morgan fingerprint density at radius 2 is 1.70 bits per heavy atom.